The second kappa shape index (κ2) is 7.55. The molecule has 6 heteroatoms. The van der Waals surface area contributed by atoms with Crippen molar-refractivity contribution in [1.29, 1.82) is 0 Å². The van der Waals surface area contributed by atoms with Crippen LogP contribution in [0.5, 0.6) is 0 Å². The first-order valence-electron chi connectivity index (χ1n) is 7.90. The predicted octanol–water partition coefficient (Wildman–Crippen LogP) is 1.82. The standard InChI is InChI=1S/C16H27N3O2S/c1-13-4-6-15(7-5-13)16(12-18-22(20,21)17-3)19-10-8-14(2)9-11-19/h4-7,14,16-18H,8-12H2,1-3H3. The Morgan fingerprint density at radius 1 is 1.23 bits per heavy atom. The number of piperidine rings is 1. The van der Waals surface area contributed by atoms with Gasteiger partial charge in [0, 0.05) is 19.6 Å². The van der Waals surface area contributed by atoms with Gasteiger partial charge in [-0.3, -0.25) is 4.90 Å². The zero-order chi connectivity index (χ0) is 16.2. The Balaban J connectivity index is 2.15. The minimum absolute atomic E-state index is 0.0798. The Hall–Kier alpha value is -0.950. The van der Waals surface area contributed by atoms with Gasteiger partial charge in [0.15, 0.2) is 0 Å². The van der Waals surface area contributed by atoms with Crippen LogP contribution in [-0.2, 0) is 10.2 Å². The SMILES string of the molecule is CNS(=O)(=O)NCC(c1ccc(C)cc1)N1CCC(C)CC1. The van der Waals surface area contributed by atoms with Gasteiger partial charge in [-0.15, -0.1) is 0 Å². The van der Waals surface area contributed by atoms with E-state index in [1.807, 2.05) is 0 Å². The van der Waals surface area contributed by atoms with Crippen molar-refractivity contribution in [1.82, 2.24) is 14.3 Å². The highest BCUT2D eigenvalue weighted by atomic mass is 32.2. The molecule has 5 nitrogen and oxygen atoms in total. The maximum Gasteiger partial charge on any atom is 0.276 e. The van der Waals surface area contributed by atoms with Crippen LogP contribution in [0.15, 0.2) is 24.3 Å². The Bertz CT molecular complexity index is 564. The molecule has 1 atom stereocenters. The van der Waals surface area contributed by atoms with Crippen LogP contribution >= 0.6 is 0 Å². The molecule has 1 aromatic carbocycles. The lowest BCUT2D eigenvalue weighted by Crippen LogP contribution is -2.44. The number of nitrogens with zero attached hydrogens (tertiary/aromatic N) is 1. The van der Waals surface area contributed by atoms with Gasteiger partial charge in [-0.25, -0.2) is 9.44 Å². The van der Waals surface area contributed by atoms with E-state index in [4.69, 9.17) is 0 Å². The molecule has 124 valence electrons. The fourth-order valence-corrected chi connectivity index (χ4v) is 3.37. The molecular weight excluding hydrogens is 298 g/mol. The normalized spacial score (nSPS) is 19.2. The average molecular weight is 325 g/mol. The van der Waals surface area contributed by atoms with Gasteiger partial charge in [0.25, 0.3) is 10.2 Å². The third-order valence-corrected chi connectivity index (χ3v) is 5.54. The van der Waals surface area contributed by atoms with Gasteiger partial charge in [0.2, 0.25) is 0 Å². The number of benzene rings is 1. The van der Waals surface area contributed by atoms with Crippen molar-refractivity contribution in [3.63, 3.8) is 0 Å². The summed E-state index contributed by atoms with van der Waals surface area (Å²) in [5.74, 6) is 0.754. The number of hydrogen-bond donors (Lipinski definition) is 2. The van der Waals surface area contributed by atoms with Gasteiger partial charge in [-0.05, 0) is 44.3 Å². The summed E-state index contributed by atoms with van der Waals surface area (Å²) in [4.78, 5) is 2.39. The molecule has 1 fully saturated rings. The first-order chi connectivity index (χ1) is 10.4. The molecule has 1 aliphatic heterocycles. The van der Waals surface area contributed by atoms with Crippen molar-refractivity contribution < 1.29 is 8.42 Å². The van der Waals surface area contributed by atoms with Gasteiger partial charge in [-0.2, -0.15) is 8.42 Å². The maximum atomic E-state index is 11.7. The van der Waals surface area contributed by atoms with Crippen LogP contribution in [0.4, 0.5) is 0 Å². The second-order valence-electron chi connectivity index (χ2n) is 6.20. The number of rotatable bonds is 6. The van der Waals surface area contributed by atoms with Gasteiger partial charge < -0.3 is 0 Å². The average Bonchev–Trinajstić information content (AvgIpc) is 2.51. The molecule has 0 bridgehead atoms. The van der Waals surface area contributed by atoms with E-state index in [-0.39, 0.29) is 6.04 Å². The topological polar surface area (TPSA) is 61.4 Å². The molecule has 2 N–H and O–H groups in total. The highest BCUT2D eigenvalue weighted by Crippen LogP contribution is 2.26. The Morgan fingerprint density at radius 3 is 2.36 bits per heavy atom. The van der Waals surface area contributed by atoms with Gasteiger partial charge >= 0.3 is 0 Å². The monoisotopic (exact) mass is 325 g/mol. The number of aryl methyl sites for hydroxylation is 1. The lowest BCUT2D eigenvalue weighted by molar-refractivity contribution is 0.139. The number of hydrogen-bond acceptors (Lipinski definition) is 3. The molecule has 0 amide bonds. The lowest BCUT2D eigenvalue weighted by Gasteiger charge is -2.37. The summed E-state index contributed by atoms with van der Waals surface area (Å²) in [7, 11) is -1.98. The van der Waals surface area contributed by atoms with Gasteiger partial charge in [0.1, 0.15) is 0 Å². The van der Waals surface area contributed by atoms with E-state index in [0.717, 1.165) is 19.0 Å². The highest BCUT2D eigenvalue weighted by Gasteiger charge is 2.25. The van der Waals surface area contributed by atoms with Crippen LogP contribution in [0.3, 0.4) is 0 Å². The van der Waals surface area contributed by atoms with Crippen molar-refractivity contribution in [2.45, 2.75) is 32.7 Å². The summed E-state index contributed by atoms with van der Waals surface area (Å²) in [6, 6.07) is 8.46. The third-order valence-electron chi connectivity index (χ3n) is 4.46. The first-order valence-corrected chi connectivity index (χ1v) is 9.38. The molecule has 1 aliphatic rings. The predicted molar refractivity (Wildman–Crippen MR) is 89.9 cm³/mol. The molecule has 0 saturated carbocycles. The quantitative estimate of drug-likeness (QED) is 0.839. The zero-order valence-corrected chi connectivity index (χ0v) is 14.5. The lowest BCUT2D eigenvalue weighted by atomic mass is 9.95. The molecule has 0 aromatic heterocycles. The third kappa shape index (κ3) is 4.78. The summed E-state index contributed by atoms with van der Waals surface area (Å²) in [5, 5.41) is 0. The molecule has 1 heterocycles. The summed E-state index contributed by atoms with van der Waals surface area (Å²) in [6.07, 6.45) is 2.34. The van der Waals surface area contributed by atoms with E-state index in [0.29, 0.717) is 6.54 Å². The molecule has 1 saturated heterocycles. The molecule has 0 radical (unpaired) electrons. The van der Waals surface area contributed by atoms with Crippen LogP contribution in [0.2, 0.25) is 0 Å². The van der Waals surface area contributed by atoms with E-state index in [1.165, 1.54) is 31.0 Å². The van der Waals surface area contributed by atoms with E-state index >= 15 is 0 Å². The molecule has 2 rings (SSSR count). The Labute approximate surface area is 134 Å². The van der Waals surface area contributed by atoms with Crippen LogP contribution in [-0.4, -0.2) is 40.0 Å². The summed E-state index contributed by atoms with van der Waals surface area (Å²) in [5.41, 5.74) is 2.38. The minimum atomic E-state index is -3.41. The van der Waals surface area contributed by atoms with Crippen molar-refractivity contribution in [3.8, 4) is 0 Å². The van der Waals surface area contributed by atoms with E-state index in [1.54, 1.807) is 0 Å². The molecule has 0 aliphatic carbocycles. The number of nitrogens with one attached hydrogen (secondary N) is 2. The van der Waals surface area contributed by atoms with Crippen molar-refractivity contribution >= 4 is 10.2 Å². The smallest absolute Gasteiger partial charge is 0.276 e. The molecule has 0 spiro atoms. The Morgan fingerprint density at radius 2 is 1.82 bits per heavy atom. The zero-order valence-electron chi connectivity index (χ0n) is 13.7. The van der Waals surface area contributed by atoms with Crippen LogP contribution < -0.4 is 9.44 Å². The van der Waals surface area contributed by atoms with E-state index in [9.17, 15) is 8.42 Å². The van der Waals surface area contributed by atoms with Crippen LogP contribution in [0.25, 0.3) is 0 Å². The fourth-order valence-electron chi connectivity index (χ4n) is 2.85. The summed E-state index contributed by atoms with van der Waals surface area (Å²) >= 11 is 0. The number of likely N-dealkylation sites (tertiary alicyclic amines) is 1. The van der Waals surface area contributed by atoms with Gasteiger partial charge in [-0.1, -0.05) is 36.8 Å². The first kappa shape index (κ1) is 17.4. The van der Waals surface area contributed by atoms with Crippen molar-refractivity contribution in [2.75, 3.05) is 26.7 Å². The molecule has 1 aromatic rings. The minimum Gasteiger partial charge on any atom is -0.295 e. The largest absolute Gasteiger partial charge is 0.295 e. The highest BCUT2D eigenvalue weighted by molar-refractivity contribution is 7.87. The molecular formula is C16H27N3O2S. The van der Waals surface area contributed by atoms with Gasteiger partial charge in [0.05, 0.1) is 0 Å². The van der Waals surface area contributed by atoms with Crippen molar-refractivity contribution in [2.24, 2.45) is 5.92 Å². The maximum absolute atomic E-state index is 11.7. The second-order valence-corrected chi connectivity index (χ2v) is 7.90. The molecule has 1 unspecified atom stereocenters. The van der Waals surface area contributed by atoms with E-state index in [2.05, 4.69) is 52.5 Å². The van der Waals surface area contributed by atoms with E-state index < -0.39 is 10.2 Å². The van der Waals surface area contributed by atoms with Crippen LogP contribution in [0, 0.1) is 12.8 Å². The van der Waals surface area contributed by atoms with Crippen LogP contribution in [0.1, 0.15) is 36.9 Å². The summed E-state index contributed by atoms with van der Waals surface area (Å²) in [6.45, 7) is 6.76. The fraction of sp³-hybridized carbons (Fsp3) is 0.625. The van der Waals surface area contributed by atoms with Crippen molar-refractivity contribution in [3.05, 3.63) is 35.4 Å². The Kier molecular flexibility index (Phi) is 5.97. The summed E-state index contributed by atoms with van der Waals surface area (Å²) < 4.78 is 28.3. The molecule has 22 heavy (non-hydrogen) atoms.